The van der Waals surface area contributed by atoms with Crippen molar-refractivity contribution in [3.63, 3.8) is 0 Å². The van der Waals surface area contributed by atoms with Crippen LogP contribution in [0.4, 0.5) is 0 Å². The Hall–Kier alpha value is -3.19. The lowest BCUT2D eigenvalue weighted by atomic mass is 10.0. The number of ether oxygens (including phenoxy) is 2. The highest BCUT2D eigenvalue weighted by atomic mass is 16.6. The molecule has 2 aromatic rings. The number of Topliss-reactive ketones (excluding diaryl/α,β-unsaturated/α-hetero) is 1. The highest BCUT2D eigenvalue weighted by molar-refractivity contribution is 6.34. The fraction of sp³-hybridized carbons (Fsp3) is 0.400. The zero-order valence-corrected chi connectivity index (χ0v) is 19.4. The summed E-state index contributed by atoms with van der Waals surface area (Å²) in [5.41, 5.74) is 1.05. The molecule has 32 heavy (non-hydrogen) atoms. The van der Waals surface area contributed by atoms with E-state index in [1.54, 1.807) is 39.8 Å². The van der Waals surface area contributed by atoms with Crippen molar-refractivity contribution in [3.8, 4) is 5.75 Å². The smallest absolute Gasteiger partial charge is 0.376 e. The lowest BCUT2D eigenvalue weighted by Crippen LogP contribution is -2.48. The van der Waals surface area contributed by atoms with Crippen LogP contribution < -0.4 is 10.1 Å². The maximum absolute atomic E-state index is 13.3. The Labute approximate surface area is 189 Å². The number of benzene rings is 2. The maximum Gasteiger partial charge on any atom is 0.376 e. The summed E-state index contributed by atoms with van der Waals surface area (Å²) in [4.78, 5) is 39.1. The Bertz CT molecular complexity index is 921. The predicted octanol–water partition coefficient (Wildman–Crippen LogP) is 2.77. The van der Waals surface area contributed by atoms with Gasteiger partial charge in [-0.25, -0.2) is 4.79 Å². The second-order valence-corrected chi connectivity index (χ2v) is 8.55. The Kier molecular flexibility index (Phi) is 8.96. The number of nitrogens with zero attached hydrogens (tertiary/aromatic N) is 1. The molecule has 2 rings (SSSR count). The van der Waals surface area contributed by atoms with Gasteiger partial charge in [0.2, 0.25) is 5.91 Å². The third-order valence-electron chi connectivity index (χ3n) is 4.69. The van der Waals surface area contributed by atoms with Gasteiger partial charge in [-0.3, -0.25) is 14.9 Å². The summed E-state index contributed by atoms with van der Waals surface area (Å²) >= 11 is 0. The molecule has 0 spiro atoms. The zero-order chi connectivity index (χ0) is 23.7. The minimum absolute atomic E-state index is 0.197. The number of carbonyl (C=O) groups excluding carboxylic acids is 3. The monoisotopic (exact) mass is 440 g/mol. The SMILES string of the molecule is COc1ccccc1CN(C)C(=O)[C@H](Cc1ccccc1)NCC(=O)C(=O)OC(C)(C)C. The molecule has 172 valence electrons. The van der Waals surface area contributed by atoms with Crippen LogP contribution in [-0.2, 0) is 32.1 Å². The van der Waals surface area contributed by atoms with Crippen LogP contribution in [0.5, 0.6) is 5.75 Å². The maximum atomic E-state index is 13.3. The number of hydrogen-bond donors (Lipinski definition) is 1. The first kappa shape index (κ1) is 25.1. The van der Waals surface area contributed by atoms with E-state index < -0.39 is 23.4 Å². The van der Waals surface area contributed by atoms with E-state index in [1.807, 2.05) is 54.6 Å². The summed E-state index contributed by atoms with van der Waals surface area (Å²) in [6.45, 7) is 5.14. The van der Waals surface area contributed by atoms with Crippen LogP contribution in [-0.4, -0.2) is 54.9 Å². The summed E-state index contributed by atoms with van der Waals surface area (Å²) in [5, 5.41) is 2.96. The van der Waals surface area contributed by atoms with E-state index in [0.29, 0.717) is 18.7 Å². The van der Waals surface area contributed by atoms with E-state index in [-0.39, 0.29) is 12.5 Å². The number of carbonyl (C=O) groups is 3. The van der Waals surface area contributed by atoms with E-state index in [2.05, 4.69) is 5.32 Å². The van der Waals surface area contributed by atoms with Crippen molar-refractivity contribution >= 4 is 17.7 Å². The van der Waals surface area contributed by atoms with Gasteiger partial charge in [0.25, 0.3) is 5.78 Å². The van der Waals surface area contributed by atoms with Crippen LogP contribution in [0.15, 0.2) is 54.6 Å². The number of hydrogen-bond acceptors (Lipinski definition) is 6. The third kappa shape index (κ3) is 7.81. The van der Waals surface area contributed by atoms with Crippen molar-refractivity contribution in [2.45, 2.75) is 45.4 Å². The van der Waals surface area contributed by atoms with Gasteiger partial charge in [-0.15, -0.1) is 0 Å². The molecular formula is C25H32N2O5. The van der Waals surface area contributed by atoms with E-state index in [0.717, 1.165) is 11.1 Å². The number of rotatable bonds is 10. The van der Waals surface area contributed by atoms with Crippen molar-refractivity contribution in [1.29, 1.82) is 0 Å². The topological polar surface area (TPSA) is 84.9 Å². The minimum Gasteiger partial charge on any atom is -0.496 e. The second kappa shape index (κ2) is 11.4. The van der Waals surface area contributed by atoms with Gasteiger partial charge < -0.3 is 14.4 Å². The summed E-state index contributed by atoms with van der Waals surface area (Å²) in [5.74, 6) is -1.15. The number of amides is 1. The Morgan fingerprint density at radius 3 is 2.25 bits per heavy atom. The molecule has 0 saturated carbocycles. The molecule has 0 bridgehead atoms. The first-order valence-corrected chi connectivity index (χ1v) is 10.5. The van der Waals surface area contributed by atoms with E-state index >= 15 is 0 Å². The molecule has 0 aliphatic carbocycles. The van der Waals surface area contributed by atoms with Gasteiger partial charge in [0.15, 0.2) is 0 Å². The van der Waals surface area contributed by atoms with Crippen molar-refractivity contribution in [3.05, 3.63) is 65.7 Å². The zero-order valence-electron chi connectivity index (χ0n) is 19.4. The second-order valence-electron chi connectivity index (χ2n) is 8.55. The molecule has 0 unspecified atom stereocenters. The van der Waals surface area contributed by atoms with Gasteiger partial charge in [-0.1, -0.05) is 48.5 Å². The fourth-order valence-corrected chi connectivity index (χ4v) is 3.15. The average molecular weight is 441 g/mol. The van der Waals surface area contributed by atoms with Gasteiger partial charge in [-0.05, 0) is 38.8 Å². The Morgan fingerprint density at radius 1 is 1.00 bits per heavy atom. The molecule has 7 heteroatoms. The number of esters is 1. The molecule has 1 N–H and O–H groups in total. The number of para-hydroxylation sites is 1. The molecule has 1 atom stereocenters. The predicted molar refractivity (Wildman–Crippen MR) is 122 cm³/mol. The molecule has 0 aromatic heterocycles. The standard InChI is InChI=1S/C25H32N2O5/c1-25(2,3)32-24(30)21(28)16-26-20(15-18-11-7-6-8-12-18)23(29)27(4)17-19-13-9-10-14-22(19)31-5/h6-14,20,26H,15-17H2,1-5H3/t20-/m0/s1. The van der Waals surface area contributed by atoms with Crippen LogP contribution in [0, 0.1) is 0 Å². The lowest BCUT2D eigenvalue weighted by Gasteiger charge is -2.25. The third-order valence-corrected chi connectivity index (χ3v) is 4.69. The van der Waals surface area contributed by atoms with Crippen molar-refractivity contribution in [2.75, 3.05) is 20.7 Å². The number of ketones is 1. The van der Waals surface area contributed by atoms with Crippen LogP contribution in [0.25, 0.3) is 0 Å². The van der Waals surface area contributed by atoms with Crippen LogP contribution in [0.2, 0.25) is 0 Å². The molecule has 2 aromatic carbocycles. The van der Waals surface area contributed by atoms with Gasteiger partial charge in [0, 0.05) is 19.2 Å². The van der Waals surface area contributed by atoms with E-state index in [9.17, 15) is 14.4 Å². The highest BCUT2D eigenvalue weighted by Crippen LogP contribution is 2.19. The number of methoxy groups -OCH3 is 1. The molecule has 0 aliphatic heterocycles. The normalized spacial score (nSPS) is 12.0. The first-order chi connectivity index (χ1) is 15.1. The minimum atomic E-state index is -0.918. The molecule has 0 heterocycles. The van der Waals surface area contributed by atoms with E-state index in [4.69, 9.17) is 9.47 Å². The van der Waals surface area contributed by atoms with Crippen LogP contribution >= 0.6 is 0 Å². The Morgan fingerprint density at radius 2 is 1.62 bits per heavy atom. The molecule has 0 fully saturated rings. The van der Waals surface area contributed by atoms with Gasteiger partial charge >= 0.3 is 5.97 Å². The molecule has 0 saturated heterocycles. The molecule has 1 amide bonds. The molecular weight excluding hydrogens is 408 g/mol. The first-order valence-electron chi connectivity index (χ1n) is 10.5. The summed E-state index contributed by atoms with van der Waals surface area (Å²) in [6, 6.07) is 16.3. The fourth-order valence-electron chi connectivity index (χ4n) is 3.15. The number of nitrogens with one attached hydrogen (secondary N) is 1. The summed E-state index contributed by atoms with van der Waals surface area (Å²) in [7, 11) is 3.28. The summed E-state index contributed by atoms with van der Waals surface area (Å²) < 4.78 is 10.5. The van der Waals surface area contributed by atoms with Gasteiger partial charge in [-0.2, -0.15) is 0 Å². The average Bonchev–Trinajstić information content (AvgIpc) is 2.75. The van der Waals surface area contributed by atoms with Crippen molar-refractivity contribution in [2.24, 2.45) is 0 Å². The van der Waals surface area contributed by atoms with Crippen molar-refractivity contribution in [1.82, 2.24) is 10.2 Å². The van der Waals surface area contributed by atoms with Crippen LogP contribution in [0.3, 0.4) is 0 Å². The largest absolute Gasteiger partial charge is 0.496 e. The molecule has 0 radical (unpaired) electrons. The van der Waals surface area contributed by atoms with Gasteiger partial charge in [0.1, 0.15) is 11.4 Å². The summed E-state index contributed by atoms with van der Waals surface area (Å²) in [6.07, 6.45) is 0.373. The number of likely N-dealkylation sites (N-methyl/N-ethyl adjacent to an activating group) is 1. The highest BCUT2D eigenvalue weighted by Gasteiger charge is 2.27. The molecule has 7 nitrogen and oxygen atoms in total. The Balaban J connectivity index is 2.12. The lowest BCUT2D eigenvalue weighted by molar-refractivity contribution is -0.162. The molecule has 0 aliphatic rings. The van der Waals surface area contributed by atoms with Gasteiger partial charge in [0.05, 0.1) is 19.7 Å². The van der Waals surface area contributed by atoms with Crippen molar-refractivity contribution < 1.29 is 23.9 Å². The van der Waals surface area contributed by atoms with E-state index in [1.165, 1.54) is 0 Å². The quantitative estimate of drug-likeness (QED) is 0.452. The van der Waals surface area contributed by atoms with Crippen LogP contribution in [0.1, 0.15) is 31.9 Å².